The third-order valence-electron chi connectivity index (χ3n) is 4.21. The van der Waals surface area contributed by atoms with Crippen LogP contribution < -0.4 is 5.55 Å². The van der Waals surface area contributed by atoms with E-state index in [0.29, 0.717) is 16.6 Å². The summed E-state index contributed by atoms with van der Waals surface area (Å²) in [5, 5.41) is 16.3. The van der Waals surface area contributed by atoms with Crippen LogP contribution in [0.5, 0.6) is 0 Å². The number of hydrogen-bond donors (Lipinski definition) is 1. The van der Waals surface area contributed by atoms with E-state index in [9.17, 15) is 5.21 Å². The van der Waals surface area contributed by atoms with Gasteiger partial charge in [-0.15, -0.1) is 0 Å². The molecule has 0 fully saturated rings. The van der Waals surface area contributed by atoms with Crippen LogP contribution in [0.1, 0.15) is 18.1 Å². The second kappa shape index (κ2) is 4.63. The van der Waals surface area contributed by atoms with Gasteiger partial charge in [0.1, 0.15) is 5.58 Å². The smallest absolute Gasteiger partial charge is 0.267 e. The Hall–Kier alpha value is -2.75. The predicted octanol–water partition coefficient (Wildman–Crippen LogP) is 4.49. The summed E-state index contributed by atoms with van der Waals surface area (Å²) in [6.45, 7) is 4.03. The quantitative estimate of drug-likeness (QED) is 0.319. The molecule has 2 aromatic carbocycles. The Kier molecular flexibility index (Phi) is 2.73. The Morgan fingerprint density at radius 2 is 1.86 bits per heavy atom. The molecular weight excluding hydrogens is 278 g/mol. The lowest BCUT2D eigenvalue weighted by Gasteiger charge is -2.07. The minimum absolute atomic E-state index is 0.183. The van der Waals surface area contributed by atoms with Crippen molar-refractivity contribution >= 4 is 32.7 Å². The standard InChI is InChI=1S/C18H15NO3/c1-3-11-5-4-6-13-12(11)7-8-14-16(13)22-18(19-20)15-10(2)9-21-17(14)15/h4-9,20H,3H2,1-2H3/b19-18+. The van der Waals surface area contributed by atoms with Crippen LogP contribution in [0.25, 0.3) is 32.7 Å². The van der Waals surface area contributed by atoms with Crippen molar-refractivity contribution in [3.63, 3.8) is 0 Å². The molecule has 4 heteroatoms. The molecule has 4 rings (SSSR count). The van der Waals surface area contributed by atoms with Gasteiger partial charge in [0.2, 0.25) is 0 Å². The van der Waals surface area contributed by atoms with Gasteiger partial charge in [-0.25, -0.2) is 0 Å². The third-order valence-corrected chi connectivity index (χ3v) is 4.21. The molecule has 0 saturated heterocycles. The van der Waals surface area contributed by atoms with Crippen molar-refractivity contribution in [2.75, 3.05) is 0 Å². The molecule has 22 heavy (non-hydrogen) atoms. The lowest BCUT2D eigenvalue weighted by Crippen LogP contribution is -2.02. The molecule has 4 nitrogen and oxygen atoms in total. The number of furan rings is 1. The first-order valence-electron chi connectivity index (χ1n) is 7.28. The van der Waals surface area contributed by atoms with Crippen molar-refractivity contribution in [3.8, 4) is 0 Å². The van der Waals surface area contributed by atoms with Gasteiger partial charge >= 0.3 is 0 Å². The highest BCUT2D eigenvalue weighted by atomic mass is 16.5. The third kappa shape index (κ3) is 1.61. The highest BCUT2D eigenvalue weighted by Gasteiger charge is 2.15. The van der Waals surface area contributed by atoms with E-state index < -0.39 is 0 Å². The van der Waals surface area contributed by atoms with E-state index in [4.69, 9.17) is 8.83 Å². The average Bonchev–Trinajstić information content (AvgIpc) is 2.95. The summed E-state index contributed by atoms with van der Waals surface area (Å²) in [5.41, 5.74) is 3.70. The van der Waals surface area contributed by atoms with E-state index in [1.807, 2.05) is 25.1 Å². The van der Waals surface area contributed by atoms with Crippen molar-refractivity contribution in [1.29, 1.82) is 0 Å². The molecule has 2 aromatic heterocycles. The first-order chi connectivity index (χ1) is 10.7. The first-order valence-corrected chi connectivity index (χ1v) is 7.28. The average molecular weight is 293 g/mol. The molecule has 0 amide bonds. The molecule has 2 heterocycles. The van der Waals surface area contributed by atoms with Gasteiger partial charge in [-0.2, -0.15) is 0 Å². The molecule has 0 bridgehead atoms. The molecule has 0 aliphatic rings. The van der Waals surface area contributed by atoms with Crippen LogP contribution in [0.3, 0.4) is 0 Å². The Morgan fingerprint density at radius 3 is 2.64 bits per heavy atom. The van der Waals surface area contributed by atoms with Gasteiger partial charge < -0.3 is 14.0 Å². The summed E-state index contributed by atoms with van der Waals surface area (Å²) < 4.78 is 11.6. The molecule has 0 atom stereocenters. The highest BCUT2D eigenvalue weighted by molar-refractivity contribution is 6.12. The predicted molar refractivity (Wildman–Crippen MR) is 85.0 cm³/mol. The lowest BCUT2D eigenvalue weighted by molar-refractivity contribution is 0.279. The van der Waals surface area contributed by atoms with Gasteiger partial charge in [0, 0.05) is 10.9 Å². The van der Waals surface area contributed by atoms with Crippen LogP contribution in [0.2, 0.25) is 0 Å². The number of fused-ring (bicyclic) bond motifs is 5. The van der Waals surface area contributed by atoms with E-state index in [0.717, 1.165) is 28.1 Å². The molecule has 0 aliphatic heterocycles. The van der Waals surface area contributed by atoms with Crippen molar-refractivity contribution in [3.05, 3.63) is 53.3 Å². The Labute approximate surface area is 126 Å². The van der Waals surface area contributed by atoms with Crippen LogP contribution in [-0.4, -0.2) is 5.21 Å². The maximum Gasteiger partial charge on any atom is 0.267 e. The monoisotopic (exact) mass is 293 g/mol. The number of aryl methyl sites for hydroxylation is 2. The molecule has 0 unspecified atom stereocenters. The molecule has 0 aliphatic carbocycles. The zero-order chi connectivity index (χ0) is 15.3. The van der Waals surface area contributed by atoms with Crippen molar-refractivity contribution in [2.24, 2.45) is 5.16 Å². The van der Waals surface area contributed by atoms with Gasteiger partial charge in [-0.3, -0.25) is 0 Å². The summed E-state index contributed by atoms with van der Waals surface area (Å²) in [6.07, 6.45) is 2.60. The van der Waals surface area contributed by atoms with E-state index in [1.165, 1.54) is 5.56 Å². The van der Waals surface area contributed by atoms with Crippen LogP contribution >= 0.6 is 0 Å². The maximum atomic E-state index is 9.30. The normalized spacial score (nSPS) is 12.7. The van der Waals surface area contributed by atoms with Crippen LogP contribution in [0.4, 0.5) is 0 Å². The summed E-state index contributed by atoms with van der Waals surface area (Å²) in [6, 6.07) is 10.2. The second-order valence-electron chi connectivity index (χ2n) is 5.44. The molecule has 0 spiro atoms. The molecule has 1 N–H and O–H groups in total. The van der Waals surface area contributed by atoms with Crippen molar-refractivity contribution in [1.82, 2.24) is 0 Å². The fraction of sp³-hybridized carbons (Fsp3) is 0.167. The van der Waals surface area contributed by atoms with Gasteiger partial charge in [0.15, 0.2) is 5.58 Å². The number of hydrogen-bond acceptors (Lipinski definition) is 4. The topological polar surface area (TPSA) is 58.9 Å². The van der Waals surface area contributed by atoms with E-state index in [1.54, 1.807) is 6.26 Å². The lowest BCUT2D eigenvalue weighted by atomic mass is 10.00. The SMILES string of the molecule is CCc1cccc2c1ccc1c3occ(C)c3/c(=N\O)oc21. The highest BCUT2D eigenvalue weighted by Crippen LogP contribution is 2.32. The second-order valence-corrected chi connectivity index (χ2v) is 5.44. The van der Waals surface area contributed by atoms with Gasteiger partial charge in [-0.1, -0.05) is 31.2 Å². The van der Waals surface area contributed by atoms with Crippen LogP contribution in [0, 0.1) is 6.92 Å². The number of rotatable bonds is 1. The molecule has 0 saturated carbocycles. The van der Waals surface area contributed by atoms with Crippen LogP contribution in [0.15, 0.2) is 50.6 Å². The molecule has 4 aromatic rings. The van der Waals surface area contributed by atoms with Crippen LogP contribution in [-0.2, 0) is 6.42 Å². The minimum atomic E-state index is 0.183. The Balaban J connectivity index is 2.31. The molecular formula is C18H15NO3. The van der Waals surface area contributed by atoms with E-state index in [-0.39, 0.29) is 5.55 Å². The maximum absolute atomic E-state index is 9.30. The van der Waals surface area contributed by atoms with E-state index in [2.05, 4.69) is 24.2 Å². The summed E-state index contributed by atoms with van der Waals surface area (Å²) in [7, 11) is 0. The zero-order valence-electron chi connectivity index (χ0n) is 12.4. The molecule has 110 valence electrons. The Morgan fingerprint density at radius 1 is 1.05 bits per heavy atom. The zero-order valence-corrected chi connectivity index (χ0v) is 12.4. The van der Waals surface area contributed by atoms with Crippen molar-refractivity contribution in [2.45, 2.75) is 20.3 Å². The van der Waals surface area contributed by atoms with Crippen molar-refractivity contribution < 1.29 is 14.0 Å². The Bertz CT molecular complexity index is 1090. The van der Waals surface area contributed by atoms with Gasteiger partial charge in [-0.05, 0) is 35.5 Å². The summed E-state index contributed by atoms with van der Waals surface area (Å²) in [4.78, 5) is 0. The van der Waals surface area contributed by atoms with E-state index >= 15 is 0 Å². The summed E-state index contributed by atoms with van der Waals surface area (Å²) >= 11 is 0. The van der Waals surface area contributed by atoms with Gasteiger partial charge in [0.05, 0.1) is 17.0 Å². The minimum Gasteiger partial charge on any atom is -0.463 e. The summed E-state index contributed by atoms with van der Waals surface area (Å²) in [5.74, 6) is 0. The van der Waals surface area contributed by atoms with Gasteiger partial charge in [0.25, 0.3) is 5.55 Å². The first kappa shape index (κ1) is 13.0. The fourth-order valence-electron chi connectivity index (χ4n) is 3.12. The fourth-order valence-corrected chi connectivity index (χ4v) is 3.12. The number of benzene rings is 2. The largest absolute Gasteiger partial charge is 0.463 e. The number of nitrogens with zero attached hydrogens (tertiary/aromatic N) is 1. The molecule has 0 radical (unpaired) electrons.